The molecule has 3 heteroatoms. The molecule has 238 valence electrons. The second-order valence-corrected chi connectivity index (χ2v) is 13.3. The van der Waals surface area contributed by atoms with Crippen molar-refractivity contribution in [2.45, 2.75) is 0 Å². The van der Waals surface area contributed by atoms with Gasteiger partial charge < -0.3 is 13.4 Å². The Kier molecular flexibility index (Phi) is 5.96. The predicted octanol–water partition coefficient (Wildman–Crippen LogP) is 13.6. The third-order valence-corrected chi connectivity index (χ3v) is 10.4. The van der Waals surface area contributed by atoms with E-state index in [0.717, 1.165) is 71.8 Å². The van der Waals surface area contributed by atoms with Gasteiger partial charge in [-0.1, -0.05) is 115 Å². The zero-order valence-electron chi connectivity index (χ0n) is 27.5. The number of furan rings is 2. The Balaban J connectivity index is 1.15. The first-order chi connectivity index (χ1) is 25.3. The van der Waals surface area contributed by atoms with Crippen LogP contribution >= 0.6 is 0 Å². The number of para-hydroxylation sites is 2. The molecule has 3 aromatic heterocycles. The fourth-order valence-electron chi connectivity index (χ4n) is 8.00. The van der Waals surface area contributed by atoms with Crippen LogP contribution in [0.2, 0.25) is 0 Å². The van der Waals surface area contributed by atoms with E-state index < -0.39 is 0 Å². The van der Waals surface area contributed by atoms with Gasteiger partial charge in [0, 0.05) is 38.0 Å². The summed E-state index contributed by atoms with van der Waals surface area (Å²) in [6, 6.07) is 62.4. The maximum Gasteiger partial charge on any atom is 0.147 e. The average Bonchev–Trinajstić information content (AvgIpc) is 3.86. The van der Waals surface area contributed by atoms with E-state index in [9.17, 15) is 0 Å². The summed E-state index contributed by atoms with van der Waals surface area (Å²) in [6.07, 6.45) is 0. The lowest BCUT2D eigenvalue weighted by atomic mass is 9.96. The second kappa shape index (κ2) is 10.8. The summed E-state index contributed by atoms with van der Waals surface area (Å²) in [5, 5.41) is 6.81. The number of hydrogen-bond acceptors (Lipinski definition) is 2. The molecule has 0 aliphatic heterocycles. The molecular formula is C48H29NO2. The topological polar surface area (TPSA) is 31.2 Å². The van der Waals surface area contributed by atoms with Crippen LogP contribution in [-0.2, 0) is 0 Å². The molecule has 0 N–H and O–H groups in total. The van der Waals surface area contributed by atoms with Crippen LogP contribution in [0, 0.1) is 0 Å². The molecule has 0 spiro atoms. The Morgan fingerprint density at radius 2 is 0.804 bits per heavy atom. The highest BCUT2D eigenvalue weighted by atomic mass is 16.3. The number of rotatable bonds is 4. The number of aromatic nitrogens is 1. The summed E-state index contributed by atoms with van der Waals surface area (Å²) >= 11 is 0. The van der Waals surface area contributed by atoms with E-state index in [0.29, 0.717) is 0 Å². The molecule has 3 nitrogen and oxygen atoms in total. The first kappa shape index (κ1) is 28.0. The first-order valence-corrected chi connectivity index (χ1v) is 17.3. The third kappa shape index (κ3) is 4.25. The monoisotopic (exact) mass is 651 g/mol. The first-order valence-electron chi connectivity index (χ1n) is 17.3. The van der Waals surface area contributed by atoms with Crippen molar-refractivity contribution >= 4 is 65.7 Å². The van der Waals surface area contributed by atoms with Gasteiger partial charge in [-0.05, 0) is 88.5 Å². The lowest BCUT2D eigenvalue weighted by Gasteiger charge is -2.08. The molecule has 0 aliphatic rings. The number of hydrogen-bond donors (Lipinski definition) is 0. The second-order valence-electron chi connectivity index (χ2n) is 13.3. The molecule has 0 radical (unpaired) electrons. The van der Waals surface area contributed by atoms with Crippen LogP contribution in [0.15, 0.2) is 185 Å². The molecule has 11 aromatic rings. The third-order valence-electron chi connectivity index (χ3n) is 10.4. The fraction of sp³-hybridized carbons (Fsp3) is 0. The Morgan fingerprint density at radius 3 is 1.45 bits per heavy atom. The van der Waals surface area contributed by atoms with Gasteiger partial charge in [0.1, 0.15) is 22.3 Å². The Morgan fingerprint density at radius 1 is 0.314 bits per heavy atom. The van der Waals surface area contributed by atoms with Gasteiger partial charge in [0.25, 0.3) is 0 Å². The van der Waals surface area contributed by atoms with Gasteiger partial charge in [0.2, 0.25) is 0 Å². The van der Waals surface area contributed by atoms with Crippen molar-refractivity contribution in [1.29, 1.82) is 0 Å². The number of benzene rings is 8. The van der Waals surface area contributed by atoms with Crippen molar-refractivity contribution in [3.63, 3.8) is 0 Å². The van der Waals surface area contributed by atoms with Crippen molar-refractivity contribution < 1.29 is 8.83 Å². The minimum Gasteiger partial charge on any atom is -0.455 e. The molecule has 0 saturated heterocycles. The molecule has 3 heterocycles. The van der Waals surface area contributed by atoms with Crippen molar-refractivity contribution in [3.8, 4) is 39.1 Å². The van der Waals surface area contributed by atoms with E-state index in [1.807, 2.05) is 6.07 Å². The highest BCUT2D eigenvalue weighted by molar-refractivity contribution is 6.22. The Hall–Kier alpha value is -6.84. The Bertz CT molecular complexity index is 3110. The summed E-state index contributed by atoms with van der Waals surface area (Å²) in [7, 11) is 0. The lowest BCUT2D eigenvalue weighted by Crippen LogP contribution is -1.92. The molecule has 11 rings (SSSR count). The van der Waals surface area contributed by atoms with Gasteiger partial charge in [-0.3, -0.25) is 0 Å². The van der Waals surface area contributed by atoms with Crippen molar-refractivity contribution in [1.82, 2.24) is 4.57 Å². The number of nitrogens with zero attached hydrogens (tertiary/aromatic N) is 1. The molecule has 0 fully saturated rings. The molecular weight excluding hydrogens is 623 g/mol. The minimum absolute atomic E-state index is 0.838. The van der Waals surface area contributed by atoms with E-state index in [2.05, 4.69) is 174 Å². The highest BCUT2D eigenvalue weighted by Crippen LogP contribution is 2.46. The zero-order valence-corrected chi connectivity index (χ0v) is 27.5. The largest absolute Gasteiger partial charge is 0.455 e. The van der Waals surface area contributed by atoms with Crippen molar-refractivity contribution in [2.24, 2.45) is 0 Å². The summed E-state index contributed by atoms with van der Waals surface area (Å²) in [4.78, 5) is 0. The summed E-state index contributed by atoms with van der Waals surface area (Å²) in [5.41, 5.74) is 13.7. The van der Waals surface area contributed by atoms with Gasteiger partial charge in [-0.15, -0.1) is 0 Å². The number of fused-ring (bicyclic) bond motifs is 9. The summed E-state index contributed by atoms with van der Waals surface area (Å²) < 4.78 is 15.8. The standard InChI is InChI=1S/C48H29NO2/c1-4-12-30(13-5-1)32-21-24-44-38(27-32)40-29-41-39-28-34(22-25-45(39)51-48(41)46(47(40)50-44)31-14-6-2-7-15-31)33-20-23-43-37(26-33)36-18-10-11-19-42(36)49(43)35-16-8-3-9-17-35/h1-29H. The zero-order chi connectivity index (χ0) is 33.5. The van der Waals surface area contributed by atoms with Crippen molar-refractivity contribution in [2.75, 3.05) is 0 Å². The quantitative estimate of drug-likeness (QED) is 0.190. The summed E-state index contributed by atoms with van der Waals surface area (Å²) in [5.74, 6) is 0. The molecule has 8 aromatic carbocycles. The fourth-order valence-corrected chi connectivity index (χ4v) is 8.00. The molecule has 0 amide bonds. The van der Waals surface area contributed by atoms with Gasteiger partial charge in [-0.2, -0.15) is 0 Å². The maximum atomic E-state index is 6.74. The van der Waals surface area contributed by atoms with Crippen LogP contribution < -0.4 is 0 Å². The van der Waals surface area contributed by atoms with Gasteiger partial charge in [0.15, 0.2) is 0 Å². The molecule has 0 bridgehead atoms. The SMILES string of the molecule is c1ccc(-c2ccc3oc4c(-c5ccccc5)c5oc6ccc(-c7ccc8c(c7)c7ccccc7n8-c7ccccc7)cc6c5cc4c3c2)cc1. The normalized spacial score (nSPS) is 11.9. The van der Waals surface area contributed by atoms with Crippen molar-refractivity contribution in [3.05, 3.63) is 176 Å². The van der Waals surface area contributed by atoms with Crippen LogP contribution in [-0.4, -0.2) is 4.57 Å². The molecule has 0 saturated carbocycles. The van der Waals surface area contributed by atoms with E-state index >= 15 is 0 Å². The maximum absolute atomic E-state index is 6.74. The molecule has 51 heavy (non-hydrogen) atoms. The van der Waals surface area contributed by atoms with E-state index in [1.165, 1.54) is 32.9 Å². The van der Waals surface area contributed by atoms with Crippen LogP contribution in [0.5, 0.6) is 0 Å². The van der Waals surface area contributed by atoms with Gasteiger partial charge >= 0.3 is 0 Å². The molecule has 0 unspecified atom stereocenters. The Labute approximate surface area is 293 Å². The minimum atomic E-state index is 0.838. The van der Waals surface area contributed by atoms with Gasteiger partial charge in [0.05, 0.1) is 16.6 Å². The lowest BCUT2D eigenvalue weighted by molar-refractivity contribution is 0.658. The van der Waals surface area contributed by atoms with Crippen LogP contribution in [0.25, 0.3) is 105 Å². The molecule has 0 aliphatic carbocycles. The highest BCUT2D eigenvalue weighted by Gasteiger charge is 2.22. The van der Waals surface area contributed by atoms with E-state index in [4.69, 9.17) is 8.83 Å². The molecule has 0 atom stereocenters. The van der Waals surface area contributed by atoms with Gasteiger partial charge in [-0.25, -0.2) is 0 Å². The summed E-state index contributed by atoms with van der Waals surface area (Å²) in [6.45, 7) is 0. The van der Waals surface area contributed by atoms with E-state index in [1.54, 1.807) is 0 Å². The van der Waals surface area contributed by atoms with Crippen LogP contribution in [0.3, 0.4) is 0 Å². The van der Waals surface area contributed by atoms with Crippen LogP contribution in [0.1, 0.15) is 0 Å². The van der Waals surface area contributed by atoms with E-state index in [-0.39, 0.29) is 0 Å². The van der Waals surface area contributed by atoms with Crippen LogP contribution in [0.4, 0.5) is 0 Å². The smallest absolute Gasteiger partial charge is 0.147 e. The average molecular weight is 652 g/mol. The predicted molar refractivity (Wildman–Crippen MR) is 212 cm³/mol.